The molecule has 0 amide bonds. The lowest BCUT2D eigenvalue weighted by Gasteiger charge is -2.40. The number of rotatable bonds is 40. The van der Waals surface area contributed by atoms with Crippen molar-refractivity contribution in [2.24, 2.45) is 59.2 Å². The van der Waals surface area contributed by atoms with Crippen LogP contribution in [-0.4, -0.2) is 281 Å². The first-order valence-corrected chi connectivity index (χ1v) is 58.7. The van der Waals surface area contributed by atoms with E-state index in [1.54, 1.807) is 22.7 Å². The van der Waals surface area contributed by atoms with Crippen LogP contribution >= 0.6 is 22.7 Å². The molecule has 11 heterocycles. The largest absolute Gasteiger partial charge is 0.480 e. The van der Waals surface area contributed by atoms with Gasteiger partial charge in [-0.15, -0.1) is 0 Å². The first kappa shape index (κ1) is 109. The van der Waals surface area contributed by atoms with Gasteiger partial charge in [-0.2, -0.15) is 22.7 Å². The Labute approximate surface area is 878 Å². The molecule has 3 aliphatic carbocycles. The summed E-state index contributed by atoms with van der Waals surface area (Å²) in [7, 11) is 0. The minimum Gasteiger partial charge on any atom is -0.480 e. The van der Waals surface area contributed by atoms with Crippen molar-refractivity contribution in [2.75, 3.05) is 164 Å². The van der Waals surface area contributed by atoms with Gasteiger partial charge in [-0.25, -0.2) is 8.78 Å². The Morgan fingerprint density at radius 3 is 1.09 bits per heavy atom. The second kappa shape index (κ2) is 55.3. The summed E-state index contributed by atoms with van der Waals surface area (Å²) in [6.45, 7) is 25.0. The summed E-state index contributed by atoms with van der Waals surface area (Å²) in [5.41, 5.74) is 9.30. The molecule has 0 radical (unpaired) electrons. The molecule has 20 rings (SSSR count). The van der Waals surface area contributed by atoms with Gasteiger partial charge in [-0.3, -0.25) is 43.7 Å². The quantitative estimate of drug-likeness (QED) is 0.0242. The molecule has 9 saturated heterocycles. The fraction of sp³-hybridized carbons (Fsp3) is 0.610. The number of nitrogens with zero attached hydrogens (tertiary/aromatic N) is 9. The number of carbonyl (C=O) groups is 4. The zero-order valence-electron chi connectivity index (χ0n) is 87.0. The molecule has 23 heteroatoms. The highest BCUT2D eigenvalue weighted by molar-refractivity contribution is 7.08. The van der Waals surface area contributed by atoms with E-state index in [2.05, 4.69) is 207 Å². The third-order valence-corrected chi connectivity index (χ3v) is 37.5. The van der Waals surface area contributed by atoms with Crippen LogP contribution in [0.25, 0.3) is 0 Å². The highest BCUT2D eigenvalue weighted by atomic mass is 32.1. The van der Waals surface area contributed by atoms with Gasteiger partial charge in [0.2, 0.25) is 0 Å². The molecule has 5 N–H and O–H groups in total. The normalized spacial score (nSPS) is 25.5. The van der Waals surface area contributed by atoms with E-state index in [9.17, 15) is 53.5 Å². The van der Waals surface area contributed by atoms with E-state index in [-0.39, 0.29) is 24.0 Å². The van der Waals surface area contributed by atoms with Gasteiger partial charge in [-0.05, 0) is 343 Å². The summed E-state index contributed by atoms with van der Waals surface area (Å²) in [5.74, 6) is 3.10. The van der Waals surface area contributed by atoms with Crippen molar-refractivity contribution in [1.82, 2.24) is 44.1 Å². The average Bonchev–Trinajstić information content (AvgIpc) is 1.28. The van der Waals surface area contributed by atoms with Crippen LogP contribution in [0, 0.1) is 70.8 Å². The Morgan fingerprint density at radius 1 is 0.349 bits per heavy atom. The maximum atomic E-state index is 13.5. The lowest BCUT2D eigenvalue weighted by atomic mass is 9.83. The standard InChI is InChI=1S/C33H44F2N2O2.C31H49N3O3.C30H40N2O2.C29H36N2O3S2/c34-29-18-25(19-30(35)20-29)9-7-8-24-14-16-36(17-15-24)21-28-22-37(23-31(28)26-10-3-1-4-11-26)32(33(38)39)27-12-5-2-6-13-27;35-31(36)30(27-11-5-2-6-12-27)34-23-28(29(24-34)26-9-3-1-4-10-26)22-33-16-13-25(14-17-33)8-7-15-32-18-20-37-21-19-32;33-30(34)29(26-14-15-26)32-21-27(28(22-32)25-12-5-2-6-13-25)20-31-18-16-24(17-19-31)11-7-10-23-8-3-1-4-9-23;32-28(33)27(24-9-16-36-21-24)31-18-25(26(19-31)23-8-15-35-20-23)17-30-13-11-29(34,12-14-30)10-4-7-22-5-2-1-3-6-22/h1,3-4,10-11,18-20,24,27-28,31-32H,2,5-9,12-17,21-23H2,(H,38,39);1,3-4,9-10,25,27-30H,2,5-8,11-24H2,(H,35,36);1-6,8-9,12-13,24,26-29H,7,10-11,14-22H2,(H,33,34);1-3,5-6,8-9,15-16,20-21,25-27,34H,4,7,10-14,17-19H2,(H,32,33)/t28-,31+,32+;28-,29+,30+;27-,28+,29+;25-,26+,27?/m0001/s1. The molecule has 8 aromatic rings. The summed E-state index contributed by atoms with van der Waals surface area (Å²) in [4.78, 5) is 71.5. The second-order valence-corrected chi connectivity index (χ2v) is 47.7. The Kier molecular flexibility index (Phi) is 41.4. The van der Waals surface area contributed by atoms with E-state index in [1.165, 1.54) is 162 Å². The minimum absolute atomic E-state index is 0.269. The van der Waals surface area contributed by atoms with Gasteiger partial charge in [0.05, 0.1) is 18.8 Å². The number of ether oxygens (including phenoxy) is 1. The fourth-order valence-corrected chi connectivity index (χ4v) is 29.4. The number of halogens is 2. The minimum atomic E-state index is -0.767. The Hall–Kier alpha value is -7.98. The zero-order valence-corrected chi connectivity index (χ0v) is 88.6. The number of hydrogen-bond acceptors (Lipinski definition) is 17. The molecule has 0 bridgehead atoms. The Bertz CT molecular complexity index is 5130. The molecule has 6 aromatic carbocycles. The van der Waals surface area contributed by atoms with Crippen molar-refractivity contribution >= 4 is 46.6 Å². The third kappa shape index (κ3) is 31.6. The molecule has 12 atom stereocenters. The predicted octanol–water partition coefficient (Wildman–Crippen LogP) is 22.1. The van der Waals surface area contributed by atoms with Crippen molar-refractivity contribution in [2.45, 2.75) is 252 Å². The SMILES string of the molecule is O=C(O)C(c1ccsc1)N1C[C@@H](CN2CCC(O)(CCCc3ccccc3)CC2)[C@H](c2ccsc2)C1.O=C(O)[C@@H](C1CC1)N1C[C@H](CN2CCC(CCCc3ccccc3)CC2)[C@@H](c2ccccc2)C1.O=C(O)[C@@H](C1CCCCC1)N1C[C@H](CN2CCC(CCCN3CCOCC3)CC2)[C@@H](c2ccccc2)C1.O=C(O)[C@@H](C1CCCCC1)N1C[C@H](CN2CCC(CCCc3cc(F)cc(F)c3)CC2)[C@@H](c2ccccc2)C1. The number of thiophene rings is 2. The Morgan fingerprint density at radius 2 is 0.705 bits per heavy atom. The molecular weight excluding hydrogens is 1870 g/mol. The number of aryl methyl sites for hydroxylation is 3. The molecule has 19 nitrogen and oxygen atoms in total. The van der Waals surface area contributed by atoms with Crippen LogP contribution in [0.5, 0.6) is 0 Å². The summed E-state index contributed by atoms with van der Waals surface area (Å²) >= 11 is 3.27. The zero-order chi connectivity index (χ0) is 101. The average molecular weight is 2040 g/mol. The maximum absolute atomic E-state index is 13.5. The van der Waals surface area contributed by atoms with E-state index < -0.39 is 47.2 Å². The van der Waals surface area contributed by atoms with Gasteiger partial charge in [0.15, 0.2) is 0 Å². The van der Waals surface area contributed by atoms with Gasteiger partial charge in [-0.1, -0.05) is 203 Å². The van der Waals surface area contributed by atoms with Crippen molar-refractivity contribution in [3.05, 3.63) is 260 Å². The van der Waals surface area contributed by atoms with E-state index in [4.69, 9.17) is 4.74 Å². The van der Waals surface area contributed by atoms with Crippen molar-refractivity contribution in [3.63, 3.8) is 0 Å². The van der Waals surface area contributed by atoms with Crippen molar-refractivity contribution < 1.29 is 58.2 Å². The monoisotopic (exact) mass is 2030 g/mol. The van der Waals surface area contributed by atoms with Crippen LogP contribution in [-0.2, 0) is 43.2 Å². The fourth-order valence-electron chi connectivity index (χ4n) is 28.0. The molecule has 2 aromatic heterocycles. The van der Waals surface area contributed by atoms with E-state index >= 15 is 0 Å². The van der Waals surface area contributed by atoms with Gasteiger partial charge < -0.3 is 49.9 Å². The third-order valence-electron chi connectivity index (χ3n) is 36.1. The molecule has 0 spiro atoms. The molecule has 1 unspecified atom stereocenters. The van der Waals surface area contributed by atoms with Crippen LogP contribution in [0.1, 0.15) is 254 Å². The summed E-state index contributed by atoms with van der Waals surface area (Å²) in [6, 6.07) is 60.3. The molecule has 146 heavy (non-hydrogen) atoms. The summed E-state index contributed by atoms with van der Waals surface area (Å²) in [5, 5.41) is 60.0. The highest BCUT2D eigenvalue weighted by Gasteiger charge is 2.50. The number of morpholine rings is 1. The summed E-state index contributed by atoms with van der Waals surface area (Å²) in [6.07, 6.45) is 34.9. The topological polar surface area (TPSA) is 208 Å². The summed E-state index contributed by atoms with van der Waals surface area (Å²) < 4.78 is 32.4. The van der Waals surface area contributed by atoms with Crippen LogP contribution in [0.2, 0.25) is 0 Å². The number of carboxylic acids is 4. The van der Waals surface area contributed by atoms with E-state index in [0.29, 0.717) is 65.1 Å². The van der Waals surface area contributed by atoms with Crippen LogP contribution < -0.4 is 0 Å². The number of hydrogen-bond donors (Lipinski definition) is 5. The number of piperidine rings is 4. The Balaban J connectivity index is 0.000000133. The highest BCUT2D eigenvalue weighted by Crippen LogP contribution is 2.47. The smallest absolute Gasteiger partial charge is 0.325 e. The lowest BCUT2D eigenvalue weighted by Crippen LogP contribution is -2.46. The molecule has 792 valence electrons. The first-order chi connectivity index (χ1) is 71.3. The van der Waals surface area contributed by atoms with Gasteiger partial charge in [0.25, 0.3) is 0 Å². The van der Waals surface area contributed by atoms with Crippen molar-refractivity contribution in [1.29, 1.82) is 0 Å². The molecule has 3 saturated carbocycles. The van der Waals surface area contributed by atoms with Gasteiger partial charge >= 0.3 is 23.9 Å². The van der Waals surface area contributed by atoms with Crippen LogP contribution in [0.3, 0.4) is 0 Å². The number of aliphatic carboxylic acids is 4. The molecular formula is C123H169F2N9O10S2. The predicted molar refractivity (Wildman–Crippen MR) is 582 cm³/mol. The number of carboxylic acid groups (broad SMARTS) is 4. The lowest BCUT2D eigenvalue weighted by molar-refractivity contribution is -0.146. The molecule has 9 aliphatic heterocycles. The molecule has 12 fully saturated rings. The van der Waals surface area contributed by atoms with E-state index in [1.807, 2.05) is 22.9 Å². The van der Waals surface area contributed by atoms with Gasteiger partial charge in [0.1, 0.15) is 35.8 Å². The van der Waals surface area contributed by atoms with Crippen LogP contribution in [0.4, 0.5) is 8.78 Å². The van der Waals surface area contributed by atoms with E-state index in [0.717, 1.165) is 276 Å². The second-order valence-electron chi connectivity index (χ2n) is 46.1. The van der Waals surface area contributed by atoms with Gasteiger partial charge in [0, 0.05) is 134 Å². The number of likely N-dealkylation sites (tertiary alicyclic amines) is 8. The number of aliphatic hydroxyl groups is 1. The van der Waals surface area contributed by atoms with Crippen molar-refractivity contribution in [3.8, 4) is 0 Å². The van der Waals surface area contributed by atoms with Crippen LogP contribution in [0.15, 0.2) is 204 Å². The number of benzene rings is 6. The molecule has 12 aliphatic rings. The maximum Gasteiger partial charge on any atom is 0.325 e. The first-order valence-electron chi connectivity index (χ1n) is 56.8.